The van der Waals surface area contributed by atoms with Crippen LogP contribution in [0.15, 0.2) is 0 Å². The van der Waals surface area contributed by atoms with Crippen LogP contribution in [-0.4, -0.2) is 80.8 Å². The lowest BCUT2D eigenvalue weighted by molar-refractivity contribution is -0.133. The molecule has 0 saturated carbocycles. The zero-order chi connectivity index (χ0) is 20.6. The van der Waals surface area contributed by atoms with Crippen molar-refractivity contribution < 1.29 is 29.1 Å². The van der Waals surface area contributed by atoms with Gasteiger partial charge in [-0.05, 0) is 46.5 Å². The molecule has 0 spiro atoms. The molecule has 0 aliphatic carbocycles. The Morgan fingerprint density at radius 3 is 2.36 bits per heavy atom. The molecule has 0 radical (unpaired) electrons. The Labute approximate surface area is 162 Å². The summed E-state index contributed by atoms with van der Waals surface area (Å²) in [7, 11) is 0. The number of nitrogens with one attached hydrogen (secondary N) is 2. The van der Waals surface area contributed by atoms with Crippen molar-refractivity contribution in [1.29, 1.82) is 0 Å². The molecule has 3 aliphatic rings. The molecule has 2 bridgehead atoms. The molecule has 5 amide bonds. The first-order chi connectivity index (χ1) is 13.1. The van der Waals surface area contributed by atoms with E-state index in [0.29, 0.717) is 37.3 Å². The zero-order valence-electron chi connectivity index (χ0n) is 16.3. The second kappa shape index (κ2) is 7.46. The topological polar surface area (TPSA) is 132 Å². The van der Waals surface area contributed by atoms with Crippen LogP contribution in [0.5, 0.6) is 0 Å². The van der Waals surface area contributed by atoms with Crippen molar-refractivity contribution in [2.45, 2.75) is 70.2 Å². The number of likely N-dealkylation sites (tertiary alicyclic amines) is 1. The molecular formula is C17H27N5O6. The predicted molar refractivity (Wildman–Crippen MR) is 94.8 cm³/mol. The van der Waals surface area contributed by atoms with Crippen LogP contribution in [0.3, 0.4) is 0 Å². The number of carbonyl (C=O) groups excluding carboxylic acids is 4. The Morgan fingerprint density at radius 2 is 1.71 bits per heavy atom. The fourth-order valence-corrected chi connectivity index (χ4v) is 3.79. The maximum Gasteiger partial charge on any atom is 0.410 e. The summed E-state index contributed by atoms with van der Waals surface area (Å²) in [5.41, 5.74) is 4.03. The maximum atomic E-state index is 12.5. The van der Waals surface area contributed by atoms with E-state index >= 15 is 0 Å². The first-order valence-corrected chi connectivity index (χ1v) is 9.46. The SMILES string of the molecule is CC(C)(C)OC(=O)N1CCC[C@H]1C(=O)NNC(=O)C1CCC2CN1C(=O)N2O. The van der Waals surface area contributed by atoms with E-state index in [0.717, 1.165) is 0 Å². The van der Waals surface area contributed by atoms with Gasteiger partial charge in [0.1, 0.15) is 17.7 Å². The largest absolute Gasteiger partial charge is 0.444 e. The van der Waals surface area contributed by atoms with Gasteiger partial charge in [-0.2, -0.15) is 0 Å². The number of fused-ring (bicyclic) bond motifs is 2. The molecule has 156 valence electrons. The van der Waals surface area contributed by atoms with Crippen LogP contribution in [0.25, 0.3) is 0 Å². The fraction of sp³-hybridized carbons (Fsp3) is 0.765. The number of ether oxygens (including phenoxy) is 1. The van der Waals surface area contributed by atoms with E-state index in [1.807, 2.05) is 0 Å². The lowest BCUT2D eigenvalue weighted by Crippen LogP contribution is -2.57. The number of hydrogen-bond donors (Lipinski definition) is 3. The molecule has 11 heteroatoms. The zero-order valence-corrected chi connectivity index (χ0v) is 16.3. The number of nitrogens with zero attached hydrogens (tertiary/aromatic N) is 3. The molecule has 3 fully saturated rings. The van der Waals surface area contributed by atoms with Crippen molar-refractivity contribution >= 4 is 23.9 Å². The highest BCUT2D eigenvalue weighted by Crippen LogP contribution is 2.28. The second-order valence-corrected chi connectivity index (χ2v) is 8.34. The third-order valence-electron chi connectivity index (χ3n) is 5.14. The van der Waals surface area contributed by atoms with Crippen molar-refractivity contribution in [3.05, 3.63) is 0 Å². The van der Waals surface area contributed by atoms with Crippen molar-refractivity contribution in [3.63, 3.8) is 0 Å². The van der Waals surface area contributed by atoms with Gasteiger partial charge in [0.05, 0.1) is 6.04 Å². The molecule has 0 aromatic carbocycles. The van der Waals surface area contributed by atoms with Gasteiger partial charge in [-0.15, -0.1) is 0 Å². The summed E-state index contributed by atoms with van der Waals surface area (Å²) in [4.78, 5) is 51.8. The van der Waals surface area contributed by atoms with E-state index in [-0.39, 0.29) is 12.6 Å². The first-order valence-electron chi connectivity index (χ1n) is 9.46. The van der Waals surface area contributed by atoms with Crippen molar-refractivity contribution in [2.24, 2.45) is 0 Å². The number of urea groups is 1. The lowest BCUT2D eigenvalue weighted by Gasteiger charge is -2.30. The van der Waals surface area contributed by atoms with Gasteiger partial charge in [-0.3, -0.25) is 30.5 Å². The molecule has 0 aromatic heterocycles. The molecule has 3 saturated heterocycles. The predicted octanol–water partition coefficient (Wildman–Crippen LogP) is 0.191. The van der Waals surface area contributed by atoms with Gasteiger partial charge in [0, 0.05) is 13.1 Å². The smallest absolute Gasteiger partial charge is 0.410 e. The van der Waals surface area contributed by atoms with Crippen LogP contribution in [-0.2, 0) is 14.3 Å². The summed E-state index contributed by atoms with van der Waals surface area (Å²) in [5.74, 6) is -1.04. The normalized spacial score (nSPS) is 27.1. The molecule has 3 atom stereocenters. The van der Waals surface area contributed by atoms with E-state index < -0.39 is 41.6 Å². The van der Waals surface area contributed by atoms with Gasteiger partial charge >= 0.3 is 12.1 Å². The summed E-state index contributed by atoms with van der Waals surface area (Å²) in [6.07, 6.45) is 1.45. The standard InChI is InChI=1S/C17H27N5O6/c1-17(2,3)28-16(26)20-8-4-5-11(20)13(23)18-19-14(24)12-7-6-10-9-21(12)15(25)22(10)27/h10-12,27H,4-9H2,1-3H3,(H,18,23)(H,19,24)/t10?,11-,12?/m0/s1. The quantitative estimate of drug-likeness (QED) is 0.450. The van der Waals surface area contributed by atoms with Gasteiger partial charge in [-0.1, -0.05) is 0 Å². The molecule has 3 N–H and O–H groups in total. The van der Waals surface area contributed by atoms with Crippen LogP contribution in [0.1, 0.15) is 46.5 Å². The van der Waals surface area contributed by atoms with E-state index in [1.54, 1.807) is 20.8 Å². The molecule has 28 heavy (non-hydrogen) atoms. The Morgan fingerprint density at radius 1 is 1.07 bits per heavy atom. The number of rotatable bonds is 2. The second-order valence-electron chi connectivity index (χ2n) is 8.34. The number of hydrazine groups is 1. The van der Waals surface area contributed by atoms with Gasteiger partial charge in [0.25, 0.3) is 11.8 Å². The Kier molecular flexibility index (Phi) is 5.37. The molecule has 3 rings (SSSR count). The first kappa shape index (κ1) is 20.2. The van der Waals surface area contributed by atoms with Crippen LogP contribution in [0.2, 0.25) is 0 Å². The van der Waals surface area contributed by atoms with E-state index in [4.69, 9.17) is 4.74 Å². The third kappa shape index (κ3) is 3.98. The molecule has 3 aliphatic heterocycles. The summed E-state index contributed by atoms with van der Waals surface area (Å²) < 4.78 is 5.33. The number of hydrogen-bond acceptors (Lipinski definition) is 6. The van der Waals surface area contributed by atoms with Gasteiger partial charge in [0.2, 0.25) is 0 Å². The van der Waals surface area contributed by atoms with Gasteiger partial charge in [0.15, 0.2) is 0 Å². The Hall–Kier alpha value is -2.56. The molecule has 11 nitrogen and oxygen atoms in total. The maximum absolute atomic E-state index is 12.5. The van der Waals surface area contributed by atoms with E-state index in [1.165, 1.54) is 9.80 Å². The highest BCUT2D eigenvalue weighted by Gasteiger charge is 2.47. The highest BCUT2D eigenvalue weighted by atomic mass is 16.6. The van der Waals surface area contributed by atoms with Gasteiger partial charge < -0.3 is 9.64 Å². The minimum Gasteiger partial charge on any atom is -0.444 e. The summed E-state index contributed by atoms with van der Waals surface area (Å²) >= 11 is 0. The van der Waals surface area contributed by atoms with Crippen LogP contribution in [0, 0.1) is 0 Å². The van der Waals surface area contributed by atoms with Crippen LogP contribution < -0.4 is 10.9 Å². The summed E-state index contributed by atoms with van der Waals surface area (Å²) in [5, 5.41) is 10.3. The third-order valence-corrected chi connectivity index (χ3v) is 5.14. The van der Waals surface area contributed by atoms with Crippen LogP contribution >= 0.6 is 0 Å². The van der Waals surface area contributed by atoms with E-state index in [9.17, 15) is 24.4 Å². The molecule has 2 unspecified atom stereocenters. The molecule has 0 aromatic rings. The average molecular weight is 397 g/mol. The number of piperidine rings is 1. The van der Waals surface area contributed by atoms with E-state index in [2.05, 4.69) is 10.9 Å². The Balaban J connectivity index is 1.54. The minimum atomic E-state index is -0.758. The minimum absolute atomic E-state index is 0.274. The van der Waals surface area contributed by atoms with Gasteiger partial charge in [-0.25, -0.2) is 14.7 Å². The average Bonchev–Trinajstić information content (AvgIpc) is 3.19. The number of amides is 5. The van der Waals surface area contributed by atoms with Crippen molar-refractivity contribution in [1.82, 2.24) is 25.7 Å². The van der Waals surface area contributed by atoms with Crippen LogP contribution in [0.4, 0.5) is 9.59 Å². The molecule has 3 heterocycles. The molecular weight excluding hydrogens is 370 g/mol. The van der Waals surface area contributed by atoms with Crippen molar-refractivity contribution in [2.75, 3.05) is 13.1 Å². The highest BCUT2D eigenvalue weighted by molar-refractivity contribution is 5.91. The fourth-order valence-electron chi connectivity index (χ4n) is 3.79. The monoisotopic (exact) mass is 397 g/mol. The summed E-state index contributed by atoms with van der Waals surface area (Å²) in [6, 6.07) is -2.40. The van der Waals surface area contributed by atoms with Crippen molar-refractivity contribution in [3.8, 4) is 0 Å². The Bertz CT molecular complexity index is 677. The summed E-state index contributed by atoms with van der Waals surface area (Å²) in [6.45, 7) is 5.92. The number of hydroxylamine groups is 2. The number of carbonyl (C=O) groups is 4. The lowest BCUT2D eigenvalue weighted by atomic mass is 10.0.